The van der Waals surface area contributed by atoms with Gasteiger partial charge in [0.2, 0.25) is 5.91 Å². The summed E-state index contributed by atoms with van der Waals surface area (Å²) >= 11 is 0. The molecule has 0 aromatic heterocycles. The molecule has 0 aliphatic rings. The Morgan fingerprint density at radius 1 is 0.889 bits per heavy atom. The molecule has 0 rings (SSSR count). The maximum atomic E-state index is 11.6. The summed E-state index contributed by atoms with van der Waals surface area (Å²) in [5.41, 5.74) is 0. The summed E-state index contributed by atoms with van der Waals surface area (Å²) < 4.78 is 0. The minimum atomic E-state index is -1.11. The minimum absolute atomic E-state index is 0.300. The molecule has 5 heteroatoms. The van der Waals surface area contributed by atoms with Gasteiger partial charge in [0.25, 0.3) is 0 Å². The highest BCUT2D eigenvalue weighted by atomic mass is 16.3. The summed E-state index contributed by atoms with van der Waals surface area (Å²) in [6.07, 6.45) is 17.0. The molecular formula is C22H43NO4. The van der Waals surface area contributed by atoms with Crippen LogP contribution < -0.4 is 5.32 Å². The first kappa shape index (κ1) is 26.1. The lowest BCUT2D eigenvalue weighted by molar-refractivity contribution is -0.131. The van der Waals surface area contributed by atoms with Crippen molar-refractivity contribution < 1.29 is 20.1 Å². The molecule has 4 N–H and O–H groups in total. The number of aliphatic hydroxyl groups is 3. The Hall–Kier alpha value is -0.910. The smallest absolute Gasteiger partial charge is 0.249 e. The maximum Gasteiger partial charge on any atom is 0.249 e. The van der Waals surface area contributed by atoms with Crippen molar-refractivity contribution >= 4 is 5.91 Å². The van der Waals surface area contributed by atoms with Crippen LogP contribution in [-0.4, -0.2) is 46.1 Å². The van der Waals surface area contributed by atoms with E-state index in [0.29, 0.717) is 6.42 Å². The zero-order valence-corrected chi connectivity index (χ0v) is 17.5. The van der Waals surface area contributed by atoms with Crippen molar-refractivity contribution in [2.24, 2.45) is 0 Å². The van der Waals surface area contributed by atoms with Crippen LogP contribution in [0.4, 0.5) is 0 Å². The van der Waals surface area contributed by atoms with Gasteiger partial charge < -0.3 is 20.6 Å². The average Bonchev–Trinajstić information content (AvgIpc) is 2.68. The zero-order chi connectivity index (χ0) is 20.3. The van der Waals surface area contributed by atoms with Gasteiger partial charge in [-0.25, -0.2) is 0 Å². The highest BCUT2D eigenvalue weighted by molar-refractivity contribution is 5.80. The lowest BCUT2D eigenvalue weighted by Crippen LogP contribution is -2.48. The molecule has 0 saturated carbocycles. The third kappa shape index (κ3) is 14.8. The number of nitrogens with one attached hydrogen (secondary N) is 1. The summed E-state index contributed by atoms with van der Waals surface area (Å²) in [6, 6.07) is -0.785. The second-order valence-corrected chi connectivity index (χ2v) is 7.46. The van der Waals surface area contributed by atoms with Crippen LogP contribution in [-0.2, 0) is 4.79 Å². The molecule has 0 aromatic carbocycles. The monoisotopic (exact) mass is 385 g/mol. The van der Waals surface area contributed by atoms with Gasteiger partial charge in [0.15, 0.2) is 0 Å². The number of unbranched alkanes of at least 4 members (excludes halogenated alkanes) is 11. The topological polar surface area (TPSA) is 89.8 Å². The van der Waals surface area contributed by atoms with Crippen LogP contribution in [0.2, 0.25) is 0 Å². The van der Waals surface area contributed by atoms with Gasteiger partial charge in [-0.2, -0.15) is 0 Å². The standard InChI is InChI=1S/C22H43NO4/c1-3-5-6-7-8-9-10-11-12-13-14-15-16-17-21(26)19(18-24)23-22(27)20(25)4-2/h16-17,19-21,24-26H,3-15,18H2,1-2H3,(H,23,27)/t19-,20+,21+/m0/s1. The summed E-state index contributed by atoms with van der Waals surface area (Å²) in [4.78, 5) is 11.6. The van der Waals surface area contributed by atoms with E-state index in [1.165, 1.54) is 64.2 Å². The quantitative estimate of drug-likeness (QED) is 0.213. The van der Waals surface area contributed by atoms with Gasteiger partial charge in [-0.3, -0.25) is 4.79 Å². The first-order valence-corrected chi connectivity index (χ1v) is 11.0. The molecule has 3 atom stereocenters. The molecule has 0 aliphatic carbocycles. The van der Waals surface area contributed by atoms with Gasteiger partial charge in [0.1, 0.15) is 6.10 Å². The molecule has 0 bridgehead atoms. The largest absolute Gasteiger partial charge is 0.394 e. The Kier molecular flexibility index (Phi) is 17.8. The van der Waals surface area contributed by atoms with E-state index in [1.807, 2.05) is 6.08 Å². The van der Waals surface area contributed by atoms with Crippen LogP contribution in [0.3, 0.4) is 0 Å². The van der Waals surface area contributed by atoms with E-state index in [0.717, 1.165) is 12.8 Å². The summed E-state index contributed by atoms with van der Waals surface area (Å²) in [5, 5.41) is 31.3. The average molecular weight is 386 g/mol. The molecule has 0 spiro atoms. The van der Waals surface area contributed by atoms with Crippen LogP contribution in [0.25, 0.3) is 0 Å². The van der Waals surface area contributed by atoms with Crippen molar-refractivity contribution in [3.8, 4) is 0 Å². The lowest BCUT2D eigenvalue weighted by Gasteiger charge is -2.21. The fraction of sp³-hybridized carbons (Fsp3) is 0.864. The second-order valence-electron chi connectivity index (χ2n) is 7.46. The third-order valence-corrected chi connectivity index (χ3v) is 4.93. The number of carbonyl (C=O) groups excluding carboxylic acids is 1. The summed E-state index contributed by atoms with van der Waals surface area (Å²) in [6.45, 7) is 3.58. The molecule has 0 saturated heterocycles. The van der Waals surface area contributed by atoms with E-state index in [-0.39, 0.29) is 6.61 Å². The summed E-state index contributed by atoms with van der Waals surface area (Å²) in [7, 11) is 0. The van der Waals surface area contributed by atoms with E-state index in [9.17, 15) is 20.1 Å². The number of allylic oxidation sites excluding steroid dienone is 1. The van der Waals surface area contributed by atoms with Crippen molar-refractivity contribution in [1.82, 2.24) is 5.32 Å². The van der Waals surface area contributed by atoms with Crippen molar-refractivity contribution in [2.75, 3.05) is 6.61 Å². The van der Waals surface area contributed by atoms with E-state index >= 15 is 0 Å². The number of rotatable bonds is 18. The lowest BCUT2D eigenvalue weighted by atomic mass is 10.0. The first-order valence-electron chi connectivity index (χ1n) is 11.0. The van der Waals surface area contributed by atoms with Crippen molar-refractivity contribution in [3.63, 3.8) is 0 Å². The van der Waals surface area contributed by atoms with Crippen molar-refractivity contribution in [1.29, 1.82) is 0 Å². The predicted octanol–water partition coefficient (Wildman–Crippen LogP) is 3.85. The maximum absolute atomic E-state index is 11.6. The molecule has 0 unspecified atom stereocenters. The van der Waals surface area contributed by atoms with Crippen LogP contribution in [0, 0.1) is 0 Å². The zero-order valence-electron chi connectivity index (χ0n) is 17.5. The van der Waals surface area contributed by atoms with Gasteiger partial charge in [0.05, 0.1) is 18.8 Å². The Labute approximate surface area is 166 Å². The molecule has 0 radical (unpaired) electrons. The fourth-order valence-electron chi connectivity index (χ4n) is 3.00. The van der Waals surface area contributed by atoms with Crippen LogP contribution in [0.5, 0.6) is 0 Å². The Balaban J connectivity index is 3.69. The normalized spacial score (nSPS) is 15.0. The number of hydrogen-bond acceptors (Lipinski definition) is 4. The van der Waals surface area contributed by atoms with Crippen LogP contribution in [0.15, 0.2) is 12.2 Å². The predicted molar refractivity (Wildman–Crippen MR) is 112 cm³/mol. The number of amides is 1. The summed E-state index contributed by atoms with van der Waals surface area (Å²) in [5.74, 6) is -0.561. The fourth-order valence-corrected chi connectivity index (χ4v) is 3.00. The Morgan fingerprint density at radius 2 is 1.41 bits per heavy atom. The number of aliphatic hydroxyl groups excluding tert-OH is 3. The molecule has 0 fully saturated rings. The van der Waals surface area contributed by atoms with E-state index in [4.69, 9.17) is 0 Å². The van der Waals surface area contributed by atoms with E-state index in [1.54, 1.807) is 13.0 Å². The highest BCUT2D eigenvalue weighted by Crippen LogP contribution is 2.12. The van der Waals surface area contributed by atoms with Crippen molar-refractivity contribution in [2.45, 2.75) is 116 Å². The Bertz CT molecular complexity index is 373. The Morgan fingerprint density at radius 3 is 1.89 bits per heavy atom. The van der Waals surface area contributed by atoms with Gasteiger partial charge in [0, 0.05) is 0 Å². The molecule has 0 heterocycles. The van der Waals surface area contributed by atoms with Crippen LogP contribution in [0.1, 0.15) is 97.3 Å². The number of carbonyl (C=O) groups is 1. The minimum Gasteiger partial charge on any atom is -0.394 e. The number of hydrogen-bond donors (Lipinski definition) is 4. The van der Waals surface area contributed by atoms with Gasteiger partial charge in [-0.05, 0) is 19.3 Å². The first-order chi connectivity index (χ1) is 13.1. The third-order valence-electron chi connectivity index (χ3n) is 4.93. The van der Waals surface area contributed by atoms with Gasteiger partial charge >= 0.3 is 0 Å². The molecular weight excluding hydrogens is 342 g/mol. The van der Waals surface area contributed by atoms with Crippen molar-refractivity contribution in [3.05, 3.63) is 12.2 Å². The molecule has 5 nitrogen and oxygen atoms in total. The molecule has 0 aliphatic heterocycles. The van der Waals surface area contributed by atoms with E-state index in [2.05, 4.69) is 12.2 Å². The van der Waals surface area contributed by atoms with Crippen LogP contribution >= 0.6 is 0 Å². The highest BCUT2D eigenvalue weighted by Gasteiger charge is 2.21. The molecule has 0 aromatic rings. The molecule has 27 heavy (non-hydrogen) atoms. The molecule has 1 amide bonds. The van der Waals surface area contributed by atoms with Gasteiger partial charge in [-0.15, -0.1) is 0 Å². The SMILES string of the molecule is CCCCCCCCCCCCCC=C[C@@H](O)[C@H](CO)NC(=O)[C@H](O)CC. The van der Waals surface area contributed by atoms with Gasteiger partial charge in [-0.1, -0.05) is 90.2 Å². The molecule has 160 valence electrons. The van der Waals surface area contributed by atoms with E-state index < -0.39 is 24.2 Å². The second kappa shape index (κ2) is 18.5.